The molecule has 0 aliphatic carbocycles. The molecule has 0 bridgehead atoms. The number of carbonyl (C=O) groups excluding carboxylic acids is 1. The van der Waals surface area contributed by atoms with E-state index in [0.29, 0.717) is 19.5 Å². The Morgan fingerprint density at radius 2 is 1.93 bits per heavy atom. The fourth-order valence-corrected chi connectivity index (χ4v) is 3.79. The van der Waals surface area contributed by atoms with Crippen LogP contribution < -0.4 is 15.4 Å². The highest BCUT2D eigenvalue weighted by Gasteiger charge is 2.11. The van der Waals surface area contributed by atoms with Crippen molar-refractivity contribution in [2.75, 3.05) is 57.5 Å². The molecule has 3 N–H and O–H groups in total. The molecule has 1 aliphatic rings. The number of nitrogens with one attached hydrogen (secondary N) is 3. The molecular formula is C19H29N5O4S. The normalized spacial score (nSPS) is 15.5. The highest BCUT2D eigenvalue weighted by molar-refractivity contribution is 7.88. The third-order valence-corrected chi connectivity index (χ3v) is 5.52. The molecular weight excluding hydrogens is 394 g/mol. The summed E-state index contributed by atoms with van der Waals surface area (Å²) in [6.45, 7) is 6.15. The van der Waals surface area contributed by atoms with Gasteiger partial charge in [0.15, 0.2) is 0 Å². The molecule has 0 atom stereocenters. The number of fused-ring (bicyclic) bond motifs is 1. The second kappa shape index (κ2) is 10.1. The van der Waals surface area contributed by atoms with Gasteiger partial charge in [-0.2, -0.15) is 0 Å². The number of hydrogen-bond acceptors (Lipinski definition) is 5. The smallest absolute Gasteiger partial charge is 0.319 e. The van der Waals surface area contributed by atoms with Gasteiger partial charge in [-0.25, -0.2) is 17.9 Å². The minimum absolute atomic E-state index is 0.295. The van der Waals surface area contributed by atoms with E-state index in [0.717, 1.165) is 62.2 Å². The number of sulfonamides is 1. The van der Waals surface area contributed by atoms with Gasteiger partial charge in [0.1, 0.15) is 0 Å². The van der Waals surface area contributed by atoms with E-state index in [-0.39, 0.29) is 6.03 Å². The first kappa shape index (κ1) is 21.6. The van der Waals surface area contributed by atoms with Crippen LogP contribution in [0.2, 0.25) is 0 Å². The summed E-state index contributed by atoms with van der Waals surface area (Å²) in [5.74, 6) is 0. The first-order chi connectivity index (χ1) is 13.9. The van der Waals surface area contributed by atoms with Crippen molar-refractivity contribution >= 4 is 32.6 Å². The lowest BCUT2D eigenvalue weighted by Crippen LogP contribution is -2.38. The zero-order valence-corrected chi connectivity index (χ0v) is 17.5. The van der Waals surface area contributed by atoms with Crippen LogP contribution in [0.4, 0.5) is 10.5 Å². The van der Waals surface area contributed by atoms with Gasteiger partial charge < -0.3 is 19.9 Å². The summed E-state index contributed by atoms with van der Waals surface area (Å²) in [6.07, 6.45) is 3.70. The Kier molecular flexibility index (Phi) is 7.48. The number of benzene rings is 1. The van der Waals surface area contributed by atoms with Crippen molar-refractivity contribution in [3.8, 4) is 0 Å². The number of urea groups is 1. The molecule has 2 amide bonds. The van der Waals surface area contributed by atoms with Crippen LogP contribution in [-0.2, 0) is 21.3 Å². The second-order valence-electron chi connectivity index (χ2n) is 7.14. The Labute approximate surface area is 171 Å². The van der Waals surface area contributed by atoms with Crippen LogP contribution in [0.3, 0.4) is 0 Å². The zero-order chi connectivity index (χ0) is 20.7. The van der Waals surface area contributed by atoms with Crippen molar-refractivity contribution in [2.45, 2.75) is 13.0 Å². The predicted octanol–water partition coefficient (Wildman–Crippen LogP) is 1.03. The van der Waals surface area contributed by atoms with E-state index in [1.807, 2.05) is 18.2 Å². The highest BCUT2D eigenvalue weighted by Crippen LogP contribution is 2.20. The number of carbonyl (C=O) groups is 1. The number of amides is 2. The summed E-state index contributed by atoms with van der Waals surface area (Å²) in [6, 6.07) is 7.59. The fraction of sp³-hybridized carbons (Fsp3) is 0.526. The number of anilines is 1. The average molecular weight is 424 g/mol. The lowest BCUT2D eigenvalue weighted by atomic mass is 10.2. The molecule has 2 heterocycles. The summed E-state index contributed by atoms with van der Waals surface area (Å²) in [5, 5.41) is 6.61. The third-order valence-electron chi connectivity index (χ3n) is 4.79. The van der Waals surface area contributed by atoms with Crippen LogP contribution in [0.1, 0.15) is 6.42 Å². The molecule has 1 fully saturated rings. The third kappa shape index (κ3) is 7.00. The van der Waals surface area contributed by atoms with E-state index >= 15 is 0 Å². The Hall–Kier alpha value is -2.14. The van der Waals surface area contributed by atoms with Gasteiger partial charge in [-0.15, -0.1) is 0 Å². The van der Waals surface area contributed by atoms with E-state index in [1.54, 1.807) is 0 Å². The fourth-order valence-electron chi connectivity index (χ4n) is 3.27. The van der Waals surface area contributed by atoms with Crippen molar-refractivity contribution in [3.63, 3.8) is 0 Å². The van der Waals surface area contributed by atoms with Crippen molar-refractivity contribution < 1.29 is 17.9 Å². The molecule has 1 aromatic carbocycles. The minimum Gasteiger partial charge on any atom is -0.379 e. The number of hydrogen-bond donors (Lipinski definition) is 3. The maximum absolute atomic E-state index is 12.0. The number of rotatable bonds is 9. The second-order valence-corrected chi connectivity index (χ2v) is 8.97. The van der Waals surface area contributed by atoms with Crippen LogP contribution in [-0.4, -0.2) is 76.1 Å². The molecule has 9 nitrogen and oxygen atoms in total. The number of nitrogens with zero attached hydrogens (tertiary/aromatic N) is 2. The topological polar surface area (TPSA) is 105 Å². The predicted molar refractivity (Wildman–Crippen MR) is 114 cm³/mol. The van der Waals surface area contributed by atoms with Gasteiger partial charge >= 0.3 is 6.03 Å². The maximum Gasteiger partial charge on any atom is 0.319 e. The van der Waals surface area contributed by atoms with Crippen LogP contribution in [0, 0.1) is 0 Å². The molecule has 1 saturated heterocycles. The summed E-state index contributed by atoms with van der Waals surface area (Å²) in [4.78, 5) is 14.4. The first-order valence-corrected chi connectivity index (χ1v) is 11.7. The molecule has 10 heteroatoms. The van der Waals surface area contributed by atoms with Crippen LogP contribution in [0.25, 0.3) is 10.9 Å². The van der Waals surface area contributed by atoms with Crippen LogP contribution in [0.15, 0.2) is 30.5 Å². The van der Waals surface area contributed by atoms with Gasteiger partial charge in [-0.1, -0.05) is 0 Å². The molecule has 29 heavy (non-hydrogen) atoms. The van der Waals surface area contributed by atoms with Gasteiger partial charge in [0, 0.05) is 62.1 Å². The average Bonchev–Trinajstić information content (AvgIpc) is 3.08. The monoisotopic (exact) mass is 423 g/mol. The van der Waals surface area contributed by atoms with E-state index in [1.165, 1.54) is 0 Å². The number of aromatic nitrogens is 1. The van der Waals surface area contributed by atoms with Crippen molar-refractivity contribution in [1.82, 2.24) is 19.5 Å². The first-order valence-electron chi connectivity index (χ1n) is 9.79. The van der Waals surface area contributed by atoms with E-state index < -0.39 is 10.0 Å². The Bertz CT molecular complexity index is 922. The van der Waals surface area contributed by atoms with Crippen molar-refractivity contribution in [1.29, 1.82) is 0 Å². The van der Waals surface area contributed by atoms with E-state index in [9.17, 15) is 13.2 Å². The molecule has 3 rings (SSSR count). The Morgan fingerprint density at radius 1 is 1.14 bits per heavy atom. The van der Waals surface area contributed by atoms with E-state index in [4.69, 9.17) is 4.74 Å². The van der Waals surface area contributed by atoms with Crippen molar-refractivity contribution in [2.24, 2.45) is 0 Å². The lowest BCUT2D eigenvalue weighted by Gasteiger charge is -2.26. The molecule has 2 aromatic rings. The molecule has 0 saturated carbocycles. The van der Waals surface area contributed by atoms with Gasteiger partial charge in [0.25, 0.3) is 0 Å². The van der Waals surface area contributed by atoms with Gasteiger partial charge in [0.05, 0.1) is 19.5 Å². The molecule has 160 valence electrons. The van der Waals surface area contributed by atoms with Crippen LogP contribution >= 0.6 is 0 Å². The van der Waals surface area contributed by atoms with Gasteiger partial charge in [-0.3, -0.25) is 4.90 Å². The Morgan fingerprint density at radius 3 is 2.69 bits per heavy atom. The molecule has 1 aliphatic heterocycles. The van der Waals surface area contributed by atoms with Crippen molar-refractivity contribution in [3.05, 3.63) is 30.5 Å². The minimum atomic E-state index is -3.19. The maximum atomic E-state index is 12.0. The number of morpholine rings is 1. The van der Waals surface area contributed by atoms with Gasteiger partial charge in [0.2, 0.25) is 10.0 Å². The SMILES string of the molecule is CS(=O)(=O)NCCCNC(=O)Nc1ccc2c(ccn2CCN2CCOCC2)c1. The quantitative estimate of drug-likeness (QED) is 0.523. The molecule has 1 aromatic heterocycles. The van der Waals surface area contributed by atoms with E-state index in [2.05, 4.69) is 37.1 Å². The standard InChI is InChI=1S/C19H29N5O4S/c1-29(26,27)21-7-2-6-20-19(25)22-17-3-4-18-16(15-17)5-8-24(18)10-9-23-11-13-28-14-12-23/h3-5,8,15,21H,2,6-7,9-14H2,1H3,(H2,20,22,25). The largest absolute Gasteiger partial charge is 0.379 e. The number of ether oxygens (including phenoxy) is 1. The zero-order valence-electron chi connectivity index (χ0n) is 16.7. The molecule has 0 spiro atoms. The van der Waals surface area contributed by atoms with Gasteiger partial charge in [-0.05, 0) is 30.7 Å². The summed E-state index contributed by atoms with van der Waals surface area (Å²) in [5.41, 5.74) is 1.85. The molecule has 0 unspecified atom stereocenters. The highest BCUT2D eigenvalue weighted by atomic mass is 32.2. The lowest BCUT2D eigenvalue weighted by molar-refractivity contribution is 0.0365. The van der Waals surface area contributed by atoms with Crippen LogP contribution in [0.5, 0.6) is 0 Å². The summed E-state index contributed by atoms with van der Waals surface area (Å²) >= 11 is 0. The molecule has 0 radical (unpaired) electrons. The summed E-state index contributed by atoms with van der Waals surface area (Å²) in [7, 11) is -3.19. The summed E-state index contributed by atoms with van der Waals surface area (Å²) < 4.78 is 32.0. The Balaban J connectivity index is 1.46.